The minimum absolute atomic E-state index is 0.0131. The van der Waals surface area contributed by atoms with Gasteiger partial charge in [-0.15, -0.1) is 0 Å². The zero-order chi connectivity index (χ0) is 12.3. The average molecular weight is 237 g/mol. The van der Waals surface area contributed by atoms with Gasteiger partial charge in [-0.25, -0.2) is 13.6 Å². The lowest BCUT2D eigenvalue weighted by atomic mass is 9.99. The van der Waals surface area contributed by atoms with Crippen LogP contribution in [0.25, 0.3) is 0 Å². The molecule has 0 rings (SSSR count). The van der Waals surface area contributed by atoms with Gasteiger partial charge < -0.3 is 4.74 Å². The molecule has 0 aliphatic carbocycles. The molecule has 1 unspecified atom stereocenters. The molecule has 0 aromatic carbocycles. The first kappa shape index (κ1) is 14.9. The molecule has 0 aliphatic rings. The van der Waals surface area contributed by atoms with Crippen LogP contribution in [0.1, 0.15) is 34.6 Å². The van der Waals surface area contributed by atoms with Crippen LogP contribution in [0, 0.1) is 11.8 Å². The first-order valence-corrected chi connectivity index (χ1v) is 6.87. The van der Waals surface area contributed by atoms with Crippen molar-refractivity contribution in [3.05, 3.63) is 0 Å². The molecule has 0 aromatic heterocycles. The number of sulfonamides is 1. The Kier molecular flexibility index (Phi) is 5.23. The molecule has 0 saturated carbocycles. The lowest BCUT2D eigenvalue weighted by Gasteiger charge is -2.26. The summed E-state index contributed by atoms with van der Waals surface area (Å²) in [6, 6.07) is 0. The quantitative estimate of drug-likeness (QED) is 0.785. The minimum atomic E-state index is -3.42. The summed E-state index contributed by atoms with van der Waals surface area (Å²) < 4.78 is 27.6. The van der Waals surface area contributed by atoms with Gasteiger partial charge in [-0.05, 0) is 32.6 Å². The van der Waals surface area contributed by atoms with Gasteiger partial charge in [-0.1, -0.05) is 13.8 Å². The molecule has 15 heavy (non-hydrogen) atoms. The Labute approximate surface area is 93.2 Å². The summed E-state index contributed by atoms with van der Waals surface area (Å²) >= 11 is 0. The van der Waals surface area contributed by atoms with Crippen molar-refractivity contribution in [2.24, 2.45) is 17.0 Å². The van der Waals surface area contributed by atoms with Crippen molar-refractivity contribution in [2.75, 3.05) is 12.4 Å². The predicted octanol–water partition coefficient (Wildman–Crippen LogP) is 1.36. The van der Waals surface area contributed by atoms with Crippen LogP contribution >= 0.6 is 0 Å². The predicted molar refractivity (Wildman–Crippen MR) is 62.0 cm³/mol. The molecule has 0 bridgehead atoms. The van der Waals surface area contributed by atoms with Gasteiger partial charge in [0.25, 0.3) is 0 Å². The Morgan fingerprint density at radius 2 is 1.73 bits per heavy atom. The largest absolute Gasteiger partial charge is 0.376 e. The summed E-state index contributed by atoms with van der Waals surface area (Å²) in [5, 5.41) is 5.03. The van der Waals surface area contributed by atoms with Gasteiger partial charge in [0, 0.05) is 0 Å². The normalized spacial score (nSPS) is 15.7. The molecule has 5 heteroatoms. The molecule has 2 N–H and O–H groups in total. The van der Waals surface area contributed by atoms with Crippen molar-refractivity contribution in [1.29, 1.82) is 0 Å². The van der Waals surface area contributed by atoms with E-state index in [0.717, 1.165) is 0 Å². The Morgan fingerprint density at radius 1 is 1.27 bits per heavy atom. The van der Waals surface area contributed by atoms with Gasteiger partial charge in [-0.2, -0.15) is 0 Å². The van der Waals surface area contributed by atoms with Gasteiger partial charge in [0.05, 0.1) is 18.0 Å². The summed E-state index contributed by atoms with van der Waals surface area (Å²) in [5.74, 6) is 0.186. The lowest BCUT2D eigenvalue weighted by Crippen LogP contribution is -2.32. The summed E-state index contributed by atoms with van der Waals surface area (Å²) in [6.45, 7) is 10.2. The fourth-order valence-electron chi connectivity index (χ4n) is 1.09. The number of primary sulfonamides is 1. The van der Waals surface area contributed by atoms with E-state index in [9.17, 15) is 8.42 Å². The maximum atomic E-state index is 11.0. The number of ether oxygens (including phenoxy) is 1. The van der Waals surface area contributed by atoms with Crippen LogP contribution < -0.4 is 5.14 Å². The average Bonchev–Trinajstić information content (AvgIpc) is 1.93. The summed E-state index contributed by atoms with van der Waals surface area (Å²) in [6.07, 6.45) is 0. The molecular weight excluding hydrogens is 214 g/mol. The number of nitrogens with two attached hydrogens (primary N) is 1. The second-order valence-corrected chi connectivity index (χ2v) is 6.92. The van der Waals surface area contributed by atoms with Gasteiger partial charge in [0.1, 0.15) is 0 Å². The van der Waals surface area contributed by atoms with E-state index in [1.165, 1.54) is 0 Å². The van der Waals surface area contributed by atoms with Gasteiger partial charge >= 0.3 is 0 Å². The molecule has 0 aliphatic heterocycles. The van der Waals surface area contributed by atoms with Crippen LogP contribution in [-0.4, -0.2) is 26.4 Å². The Morgan fingerprint density at radius 3 is 2.00 bits per heavy atom. The van der Waals surface area contributed by atoms with Gasteiger partial charge in [0.2, 0.25) is 10.0 Å². The van der Waals surface area contributed by atoms with Gasteiger partial charge in [-0.3, -0.25) is 0 Å². The van der Waals surface area contributed by atoms with E-state index >= 15 is 0 Å². The highest BCUT2D eigenvalue weighted by molar-refractivity contribution is 7.89. The molecule has 0 spiro atoms. The molecule has 0 heterocycles. The highest BCUT2D eigenvalue weighted by Crippen LogP contribution is 2.17. The first-order valence-electron chi connectivity index (χ1n) is 5.16. The van der Waals surface area contributed by atoms with Crippen molar-refractivity contribution >= 4 is 10.0 Å². The van der Waals surface area contributed by atoms with Crippen molar-refractivity contribution in [2.45, 2.75) is 40.2 Å². The maximum Gasteiger partial charge on any atom is 0.209 e. The highest BCUT2D eigenvalue weighted by Gasteiger charge is 2.22. The smallest absolute Gasteiger partial charge is 0.209 e. The molecule has 4 nitrogen and oxygen atoms in total. The zero-order valence-electron chi connectivity index (χ0n) is 10.3. The number of rotatable bonds is 5. The summed E-state index contributed by atoms with van der Waals surface area (Å²) in [4.78, 5) is 0. The van der Waals surface area contributed by atoms with Crippen LogP contribution in [0.15, 0.2) is 0 Å². The molecule has 0 saturated heterocycles. The van der Waals surface area contributed by atoms with Crippen LogP contribution in [0.4, 0.5) is 0 Å². The molecule has 0 radical (unpaired) electrons. The second kappa shape index (κ2) is 5.27. The summed E-state index contributed by atoms with van der Waals surface area (Å²) in [5.41, 5.74) is -0.245. The van der Waals surface area contributed by atoms with E-state index in [4.69, 9.17) is 9.88 Å². The van der Waals surface area contributed by atoms with Crippen LogP contribution in [0.2, 0.25) is 0 Å². The number of hydrogen-bond donors (Lipinski definition) is 1. The van der Waals surface area contributed by atoms with Crippen molar-refractivity contribution in [3.63, 3.8) is 0 Å². The monoisotopic (exact) mass is 237 g/mol. The molecule has 1 atom stereocenters. The molecule has 0 aromatic rings. The summed E-state index contributed by atoms with van der Waals surface area (Å²) in [7, 11) is -3.42. The maximum absolute atomic E-state index is 11.0. The third-order valence-electron chi connectivity index (χ3n) is 2.12. The highest BCUT2D eigenvalue weighted by atomic mass is 32.2. The topological polar surface area (TPSA) is 69.4 Å². The van der Waals surface area contributed by atoms with Crippen LogP contribution in [0.3, 0.4) is 0 Å². The van der Waals surface area contributed by atoms with Crippen molar-refractivity contribution < 1.29 is 13.2 Å². The van der Waals surface area contributed by atoms with E-state index in [0.29, 0.717) is 6.61 Å². The fourth-order valence-corrected chi connectivity index (χ4v) is 2.17. The van der Waals surface area contributed by atoms with E-state index < -0.39 is 10.0 Å². The Bertz CT molecular complexity index is 278. The third kappa shape index (κ3) is 8.84. The second-order valence-electron chi connectivity index (χ2n) is 5.26. The molecule has 0 fully saturated rings. The first-order chi connectivity index (χ1) is 6.51. The van der Waals surface area contributed by atoms with Crippen molar-refractivity contribution in [1.82, 2.24) is 0 Å². The van der Waals surface area contributed by atoms with Crippen molar-refractivity contribution in [3.8, 4) is 0 Å². The molecular formula is C10H23NO3S. The minimum Gasteiger partial charge on any atom is -0.376 e. The number of hydrogen-bond acceptors (Lipinski definition) is 3. The van der Waals surface area contributed by atoms with E-state index in [1.54, 1.807) is 0 Å². The molecule has 92 valence electrons. The molecule has 0 amide bonds. The van der Waals surface area contributed by atoms with Crippen LogP contribution in [-0.2, 0) is 14.8 Å². The van der Waals surface area contributed by atoms with E-state index in [-0.39, 0.29) is 23.2 Å². The van der Waals surface area contributed by atoms with E-state index in [2.05, 4.69) is 0 Å². The van der Waals surface area contributed by atoms with E-state index in [1.807, 2.05) is 34.6 Å². The standard InChI is InChI=1S/C10H23NO3S/c1-8(2)9(7-15(11,12)13)6-14-10(3,4)5/h8-9H,6-7H2,1-5H3,(H2,11,12,13). The lowest BCUT2D eigenvalue weighted by molar-refractivity contribution is -0.0256. The SMILES string of the molecule is CC(C)C(COC(C)(C)C)CS(N)(=O)=O. The Hall–Kier alpha value is -0.130. The Balaban J connectivity index is 4.31. The third-order valence-corrected chi connectivity index (χ3v) is 3.01. The zero-order valence-corrected chi connectivity index (χ0v) is 11.1. The fraction of sp³-hybridized carbons (Fsp3) is 1.00. The van der Waals surface area contributed by atoms with Crippen LogP contribution in [0.5, 0.6) is 0 Å². The van der Waals surface area contributed by atoms with Gasteiger partial charge in [0.15, 0.2) is 0 Å².